The van der Waals surface area contributed by atoms with Gasteiger partial charge in [-0.15, -0.1) is 0 Å². The highest BCUT2D eigenvalue weighted by Crippen LogP contribution is 1.81. The Morgan fingerprint density at radius 2 is 0.312 bits per heavy atom. The van der Waals surface area contributed by atoms with Crippen LogP contribution in [0.3, 0.4) is 0 Å². The van der Waals surface area contributed by atoms with Gasteiger partial charge in [-0.3, -0.25) is 0 Å². The molecule has 0 nitrogen and oxygen atoms in total. The molecule has 110 valence electrons. The molecule has 0 rings (SSSR count). The predicted molar refractivity (Wildman–Crippen MR) is 88.6 cm³/mol. The third-order valence-electron chi connectivity index (χ3n) is 0. The molecule has 16 heavy (non-hydrogen) atoms. The number of hydrogen-bond donors (Lipinski definition) is 0. The summed E-state index contributed by atoms with van der Waals surface area (Å²) in [6.07, 6.45) is 0. The Hall–Kier alpha value is 0. The molecule has 0 aromatic rings. The highest BCUT2D eigenvalue weighted by atomic mass is 13.7. The summed E-state index contributed by atoms with van der Waals surface area (Å²) in [7, 11) is 0. The second-order valence-corrected chi connectivity index (χ2v) is 1.73. The molecule has 0 spiro atoms. The second-order valence-electron chi connectivity index (χ2n) is 1.73. The molecule has 0 fully saturated rings. The van der Waals surface area contributed by atoms with Crippen molar-refractivity contribution in [3.63, 3.8) is 0 Å². The van der Waals surface area contributed by atoms with Crippen molar-refractivity contribution >= 4 is 0 Å². The van der Waals surface area contributed by atoms with Crippen molar-refractivity contribution < 1.29 is 0 Å². The van der Waals surface area contributed by atoms with Crippen molar-refractivity contribution in [3.8, 4) is 0 Å². The van der Waals surface area contributed by atoms with Crippen LogP contribution >= 0.6 is 0 Å². The lowest BCUT2D eigenvalue weighted by Gasteiger charge is -1.79. The van der Waals surface area contributed by atoms with Crippen LogP contribution in [0.25, 0.3) is 0 Å². The maximum absolute atomic E-state index is 2.17. The summed E-state index contributed by atoms with van der Waals surface area (Å²) in [5, 5.41) is 0. The van der Waals surface area contributed by atoms with Gasteiger partial charge in [-0.25, -0.2) is 0 Å². The lowest BCUT2D eigenvalue weighted by Crippen LogP contribution is -1.66. The third-order valence-corrected chi connectivity index (χ3v) is 0. The van der Waals surface area contributed by atoms with E-state index >= 15 is 0 Å². The standard InChI is InChI=1S/C4H10.6C2H6/c1-4(2)3;6*1-2/h4H,1-3H3;6*1-2H3. The maximum atomic E-state index is 2.17. The Morgan fingerprint density at radius 3 is 0.312 bits per heavy atom. The first-order chi connectivity index (χ1) is 7.73. The zero-order valence-corrected chi connectivity index (χ0v) is 15.6. The first kappa shape index (κ1) is 44.4. The van der Waals surface area contributed by atoms with Crippen LogP contribution in [0.1, 0.15) is 104 Å². The molecule has 0 radical (unpaired) electrons. The first-order valence-electron chi connectivity index (χ1n) is 7.73. The molecule has 0 aliphatic heterocycles. The Morgan fingerprint density at radius 1 is 0.312 bits per heavy atom. The van der Waals surface area contributed by atoms with Gasteiger partial charge in [0.25, 0.3) is 0 Å². The Balaban J connectivity index is -0.0000000122. The molecule has 0 unspecified atom stereocenters. The molecule has 0 N–H and O–H groups in total. The van der Waals surface area contributed by atoms with Crippen LogP contribution in [0, 0.1) is 5.92 Å². The third kappa shape index (κ3) is 0. The van der Waals surface area contributed by atoms with E-state index in [1.54, 1.807) is 0 Å². The summed E-state index contributed by atoms with van der Waals surface area (Å²) in [5.41, 5.74) is 0. The van der Waals surface area contributed by atoms with Gasteiger partial charge in [0.2, 0.25) is 0 Å². The van der Waals surface area contributed by atoms with Crippen molar-refractivity contribution in [1.82, 2.24) is 0 Å². The summed E-state index contributed by atoms with van der Waals surface area (Å²) >= 11 is 0. The molecular formula is C16H46. The fourth-order valence-electron chi connectivity index (χ4n) is 0. The average Bonchev–Trinajstić information content (AvgIpc) is 2.42. The number of hydrogen-bond acceptors (Lipinski definition) is 0. The molecule has 0 aromatic heterocycles. The summed E-state index contributed by atoms with van der Waals surface area (Å²) in [5.74, 6) is 0.833. The maximum Gasteiger partial charge on any atom is -0.0500 e. The fraction of sp³-hybridized carbons (Fsp3) is 1.00. The van der Waals surface area contributed by atoms with Gasteiger partial charge >= 0.3 is 0 Å². The van der Waals surface area contributed by atoms with Crippen molar-refractivity contribution in [2.45, 2.75) is 104 Å². The van der Waals surface area contributed by atoms with E-state index in [2.05, 4.69) is 20.8 Å². The SMILES string of the molecule is CC.CC.CC.CC.CC.CC.CC(C)C. The molecule has 0 heterocycles. The van der Waals surface area contributed by atoms with Crippen LogP contribution in [-0.2, 0) is 0 Å². The molecule has 0 saturated carbocycles. The van der Waals surface area contributed by atoms with Crippen LogP contribution in [0.2, 0.25) is 0 Å². The second kappa shape index (κ2) is 327. The lowest BCUT2D eigenvalue weighted by molar-refractivity contribution is 0.737. The Bertz CT molecular complexity index is 4.75. The molecular weight excluding hydrogens is 192 g/mol. The van der Waals surface area contributed by atoms with Crippen molar-refractivity contribution in [2.24, 2.45) is 5.92 Å². The summed E-state index contributed by atoms with van der Waals surface area (Å²) < 4.78 is 0. The van der Waals surface area contributed by atoms with Gasteiger partial charge in [0.05, 0.1) is 0 Å². The van der Waals surface area contributed by atoms with Crippen LogP contribution in [0.5, 0.6) is 0 Å². The van der Waals surface area contributed by atoms with Gasteiger partial charge in [0.1, 0.15) is 0 Å². The Kier molecular flexibility index (Phi) is 907. The van der Waals surface area contributed by atoms with Gasteiger partial charge in [-0.05, 0) is 5.92 Å². The zero-order chi connectivity index (χ0) is 15.6. The molecule has 0 aliphatic carbocycles. The van der Waals surface area contributed by atoms with Crippen LogP contribution < -0.4 is 0 Å². The Labute approximate surface area is 110 Å². The van der Waals surface area contributed by atoms with E-state index in [0.717, 1.165) is 5.92 Å². The molecule has 0 amide bonds. The van der Waals surface area contributed by atoms with E-state index in [9.17, 15) is 0 Å². The van der Waals surface area contributed by atoms with Gasteiger partial charge in [-0.1, -0.05) is 104 Å². The van der Waals surface area contributed by atoms with Gasteiger partial charge in [0, 0.05) is 0 Å². The smallest absolute Gasteiger partial charge is 0.0500 e. The lowest BCUT2D eigenvalue weighted by atomic mass is 10.3. The van der Waals surface area contributed by atoms with E-state index in [-0.39, 0.29) is 0 Å². The zero-order valence-electron chi connectivity index (χ0n) is 15.6. The summed E-state index contributed by atoms with van der Waals surface area (Å²) in [6, 6.07) is 0. The van der Waals surface area contributed by atoms with E-state index in [1.165, 1.54) is 0 Å². The van der Waals surface area contributed by atoms with E-state index < -0.39 is 0 Å². The highest BCUT2D eigenvalue weighted by Gasteiger charge is 1.68. The molecule has 0 bridgehead atoms. The van der Waals surface area contributed by atoms with Crippen molar-refractivity contribution in [1.29, 1.82) is 0 Å². The van der Waals surface area contributed by atoms with Gasteiger partial charge < -0.3 is 0 Å². The normalized spacial score (nSPS) is 4.50. The van der Waals surface area contributed by atoms with E-state index in [4.69, 9.17) is 0 Å². The quantitative estimate of drug-likeness (QED) is 0.403. The molecule has 0 aliphatic rings. The topological polar surface area (TPSA) is 0 Å². The fourth-order valence-corrected chi connectivity index (χ4v) is 0. The minimum absolute atomic E-state index is 0.833. The average molecular weight is 239 g/mol. The largest absolute Gasteiger partial charge is 0.0683 e. The van der Waals surface area contributed by atoms with Crippen LogP contribution in [0.15, 0.2) is 0 Å². The highest BCUT2D eigenvalue weighted by molar-refractivity contribution is 4.20. The monoisotopic (exact) mass is 238 g/mol. The predicted octanol–water partition coefficient (Wildman–Crippen LogP) is 7.82. The summed E-state index contributed by atoms with van der Waals surface area (Å²) in [4.78, 5) is 0. The van der Waals surface area contributed by atoms with Crippen molar-refractivity contribution in [3.05, 3.63) is 0 Å². The molecule has 0 heteroatoms. The number of rotatable bonds is 0. The molecule has 0 atom stereocenters. The molecule has 0 aromatic carbocycles. The van der Waals surface area contributed by atoms with Gasteiger partial charge in [-0.2, -0.15) is 0 Å². The van der Waals surface area contributed by atoms with Crippen LogP contribution in [0.4, 0.5) is 0 Å². The van der Waals surface area contributed by atoms with Crippen molar-refractivity contribution in [2.75, 3.05) is 0 Å². The molecule has 0 saturated heterocycles. The van der Waals surface area contributed by atoms with Gasteiger partial charge in [0.15, 0.2) is 0 Å². The minimum Gasteiger partial charge on any atom is -0.0683 e. The van der Waals surface area contributed by atoms with Crippen LogP contribution in [-0.4, -0.2) is 0 Å². The summed E-state index contributed by atoms with van der Waals surface area (Å²) in [6.45, 7) is 30.5. The minimum atomic E-state index is 0.833. The van der Waals surface area contributed by atoms with E-state index in [0.29, 0.717) is 0 Å². The van der Waals surface area contributed by atoms with E-state index in [1.807, 2.05) is 83.1 Å². The first-order valence-corrected chi connectivity index (χ1v) is 7.73.